The van der Waals surface area contributed by atoms with Gasteiger partial charge in [-0.15, -0.1) is 0 Å². The first kappa shape index (κ1) is 8.74. The first-order valence-electron chi connectivity index (χ1n) is 4.29. The van der Waals surface area contributed by atoms with Crippen LogP contribution in [0, 0.1) is 6.92 Å². The molecule has 14 heavy (non-hydrogen) atoms. The van der Waals surface area contributed by atoms with E-state index in [1.807, 2.05) is 25.1 Å². The molecule has 2 N–H and O–H groups in total. The fraction of sp³-hybridized carbons (Fsp3) is 0.200. The highest BCUT2D eigenvalue weighted by Gasteiger charge is 2.06. The molecule has 1 aromatic carbocycles. The summed E-state index contributed by atoms with van der Waals surface area (Å²) in [7, 11) is 1.63. The van der Waals surface area contributed by atoms with E-state index in [9.17, 15) is 0 Å². The third-order valence-electron chi connectivity index (χ3n) is 2.10. The predicted molar refractivity (Wildman–Crippen MR) is 55.2 cm³/mol. The van der Waals surface area contributed by atoms with Crippen LogP contribution in [0.4, 0.5) is 5.95 Å². The molecule has 0 amide bonds. The van der Waals surface area contributed by atoms with Gasteiger partial charge in [-0.1, -0.05) is 6.07 Å². The number of hydrogen-bond donors (Lipinski definition) is 1. The minimum Gasteiger partial charge on any atom is -0.496 e. The molecule has 2 aromatic rings. The molecule has 1 aromatic heterocycles. The van der Waals surface area contributed by atoms with Crippen molar-refractivity contribution in [2.45, 2.75) is 6.92 Å². The van der Waals surface area contributed by atoms with Crippen LogP contribution >= 0.6 is 0 Å². The molecule has 4 heteroatoms. The van der Waals surface area contributed by atoms with E-state index in [1.54, 1.807) is 7.11 Å². The third-order valence-corrected chi connectivity index (χ3v) is 2.10. The molecular weight excluding hydrogens is 178 g/mol. The molecule has 0 aliphatic carbocycles. The second-order valence-electron chi connectivity index (χ2n) is 3.02. The first-order valence-corrected chi connectivity index (χ1v) is 4.29. The van der Waals surface area contributed by atoms with Crippen LogP contribution in [0.15, 0.2) is 18.2 Å². The molecule has 1 heterocycles. The highest BCUT2D eigenvalue weighted by molar-refractivity contribution is 5.87. The summed E-state index contributed by atoms with van der Waals surface area (Å²) in [5, 5.41) is 0.921. The van der Waals surface area contributed by atoms with Gasteiger partial charge in [-0.25, -0.2) is 9.97 Å². The molecule has 0 saturated heterocycles. The van der Waals surface area contributed by atoms with Crippen molar-refractivity contribution in [2.24, 2.45) is 0 Å². The van der Waals surface area contributed by atoms with Gasteiger partial charge >= 0.3 is 0 Å². The van der Waals surface area contributed by atoms with Gasteiger partial charge in [0.25, 0.3) is 0 Å². The lowest BCUT2D eigenvalue weighted by Gasteiger charge is -2.06. The van der Waals surface area contributed by atoms with E-state index in [0.29, 0.717) is 5.95 Å². The lowest BCUT2D eigenvalue weighted by Crippen LogP contribution is -1.98. The predicted octanol–water partition coefficient (Wildman–Crippen LogP) is 1.53. The Balaban J connectivity index is 2.87. The Hall–Kier alpha value is -1.84. The zero-order valence-electron chi connectivity index (χ0n) is 8.11. The van der Waals surface area contributed by atoms with Crippen molar-refractivity contribution in [1.82, 2.24) is 9.97 Å². The second-order valence-corrected chi connectivity index (χ2v) is 3.02. The summed E-state index contributed by atoms with van der Waals surface area (Å²) < 4.78 is 5.23. The molecule has 0 aliphatic heterocycles. The number of nitrogens with two attached hydrogens (primary N) is 1. The Morgan fingerprint density at radius 1 is 1.29 bits per heavy atom. The van der Waals surface area contributed by atoms with Crippen LogP contribution in [-0.4, -0.2) is 17.1 Å². The highest BCUT2D eigenvalue weighted by atomic mass is 16.5. The Morgan fingerprint density at radius 3 is 2.79 bits per heavy atom. The average Bonchev–Trinajstić information content (AvgIpc) is 2.16. The first-order chi connectivity index (χ1) is 6.72. The summed E-state index contributed by atoms with van der Waals surface area (Å²) in [6.45, 7) is 1.89. The molecule has 0 spiro atoms. The van der Waals surface area contributed by atoms with Gasteiger partial charge in [-0.2, -0.15) is 0 Å². The van der Waals surface area contributed by atoms with Gasteiger partial charge in [-0.05, 0) is 19.1 Å². The molecule has 0 radical (unpaired) electrons. The molecule has 0 atom stereocenters. The minimum absolute atomic E-state index is 0.295. The van der Waals surface area contributed by atoms with Gasteiger partial charge in [0.1, 0.15) is 5.75 Å². The number of hydrogen-bond acceptors (Lipinski definition) is 4. The van der Waals surface area contributed by atoms with Crippen molar-refractivity contribution in [3.05, 3.63) is 23.9 Å². The monoisotopic (exact) mass is 189 g/mol. The van der Waals surface area contributed by atoms with Crippen molar-refractivity contribution < 1.29 is 4.74 Å². The number of ether oxygens (including phenoxy) is 1. The van der Waals surface area contributed by atoms with E-state index in [2.05, 4.69) is 9.97 Å². The standard InChI is InChI=1S/C10H11N3O/c1-6-9-7(13-10(11)12-6)4-3-5-8(9)14-2/h3-5H,1-2H3,(H2,11,12,13). The Morgan fingerprint density at radius 2 is 2.07 bits per heavy atom. The zero-order chi connectivity index (χ0) is 10.1. The Bertz CT molecular complexity index is 482. The molecule has 0 saturated carbocycles. The summed E-state index contributed by atoms with van der Waals surface area (Å²) in [6.07, 6.45) is 0. The van der Waals surface area contributed by atoms with Crippen molar-refractivity contribution in [3.63, 3.8) is 0 Å². The maximum absolute atomic E-state index is 5.55. The van der Waals surface area contributed by atoms with Crippen molar-refractivity contribution in [2.75, 3.05) is 12.8 Å². The number of methoxy groups -OCH3 is 1. The van der Waals surface area contributed by atoms with Crippen molar-refractivity contribution in [1.29, 1.82) is 0 Å². The molecule has 2 rings (SSSR count). The molecule has 0 bridgehead atoms. The molecule has 0 aliphatic rings. The Labute approximate surface area is 81.7 Å². The van der Waals surface area contributed by atoms with E-state index in [-0.39, 0.29) is 0 Å². The number of nitrogens with zero attached hydrogens (tertiary/aromatic N) is 2. The quantitative estimate of drug-likeness (QED) is 0.739. The van der Waals surface area contributed by atoms with Gasteiger partial charge in [0.2, 0.25) is 5.95 Å². The SMILES string of the molecule is COc1cccc2nc(N)nc(C)c12. The van der Waals surface area contributed by atoms with Gasteiger partial charge in [0.05, 0.1) is 23.7 Å². The molecule has 0 unspecified atom stereocenters. The van der Waals surface area contributed by atoms with E-state index < -0.39 is 0 Å². The van der Waals surface area contributed by atoms with Crippen LogP contribution in [0.5, 0.6) is 5.75 Å². The maximum atomic E-state index is 5.55. The van der Waals surface area contributed by atoms with E-state index >= 15 is 0 Å². The molecule has 4 nitrogen and oxygen atoms in total. The molecular formula is C10H11N3O. The van der Waals surface area contributed by atoms with Crippen molar-refractivity contribution >= 4 is 16.9 Å². The normalized spacial score (nSPS) is 10.4. The van der Waals surface area contributed by atoms with Crippen molar-refractivity contribution in [3.8, 4) is 5.75 Å². The largest absolute Gasteiger partial charge is 0.496 e. The number of rotatable bonds is 1. The smallest absolute Gasteiger partial charge is 0.220 e. The number of benzene rings is 1. The van der Waals surface area contributed by atoms with Gasteiger partial charge < -0.3 is 10.5 Å². The van der Waals surface area contributed by atoms with Crippen LogP contribution in [0.25, 0.3) is 10.9 Å². The van der Waals surface area contributed by atoms with Crippen LogP contribution < -0.4 is 10.5 Å². The number of nitrogen functional groups attached to an aromatic ring is 1. The topological polar surface area (TPSA) is 61.0 Å². The van der Waals surface area contributed by atoms with Crippen LogP contribution in [-0.2, 0) is 0 Å². The number of aromatic nitrogens is 2. The van der Waals surface area contributed by atoms with Gasteiger partial charge in [-0.3, -0.25) is 0 Å². The van der Waals surface area contributed by atoms with E-state index in [1.165, 1.54) is 0 Å². The van der Waals surface area contributed by atoms with Crippen LogP contribution in [0.2, 0.25) is 0 Å². The number of fused-ring (bicyclic) bond motifs is 1. The number of anilines is 1. The number of aryl methyl sites for hydroxylation is 1. The second kappa shape index (κ2) is 3.14. The average molecular weight is 189 g/mol. The minimum atomic E-state index is 0.295. The third kappa shape index (κ3) is 1.25. The van der Waals surface area contributed by atoms with E-state index in [0.717, 1.165) is 22.3 Å². The maximum Gasteiger partial charge on any atom is 0.220 e. The lowest BCUT2D eigenvalue weighted by atomic mass is 10.2. The lowest BCUT2D eigenvalue weighted by molar-refractivity contribution is 0.419. The summed E-state index contributed by atoms with van der Waals surface area (Å²) in [5.41, 5.74) is 7.21. The highest BCUT2D eigenvalue weighted by Crippen LogP contribution is 2.26. The fourth-order valence-electron chi connectivity index (χ4n) is 1.52. The fourth-order valence-corrected chi connectivity index (χ4v) is 1.52. The molecule has 72 valence electrons. The van der Waals surface area contributed by atoms with Crippen LogP contribution in [0.1, 0.15) is 5.69 Å². The summed E-state index contributed by atoms with van der Waals surface area (Å²) in [6, 6.07) is 5.66. The summed E-state index contributed by atoms with van der Waals surface area (Å²) in [4.78, 5) is 8.23. The summed E-state index contributed by atoms with van der Waals surface area (Å²) in [5.74, 6) is 1.07. The van der Waals surface area contributed by atoms with E-state index in [4.69, 9.17) is 10.5 Å². The van der Waals surface area contributed by atoms with Gasteiger partial charge in [0, 0.05) is 0 Å². The van der Waals surface area contributed by atoms with Crippen LogP contribution in [0.3, 0.4) is 0 Å². The molecule has 0 fully saturated rings. The Kier molecular flexibility index (Phi) is 1.96. The van der Waals surface area contributed by atoms with Gasteiger partial charge in [0.15, 0.2) is 0 Å². The summed E-state index contributed by atoms with van der Waals surface area (Å²) >= 11 is 0. The zero-order valence-corrected chi connectivity index (χ0v) is 8.11.